The van der Waals surface area contributed by atoms with Gasteiger partial charge in [0.1, 0.15) is 0 Å². The van der Waals surface area contributed by atoms with E-state index in [1.165, 1.54) is 51.9 Å². The first kappa shape index (κ1) is 16.3. The Morgan fingerprint density at radius 2 is 1.75 bits per heavy atom. The SMILES string of the molecule is CNC(C)(C)[C@H](C)N1CCC(N2CCCC(C)C2)CC1. The quantitative estimate of drug-likeness (QED) is 0.854. The van der Waals surface area contributed by atoms with Gasteiger partial charge in [0.05, 0.1) is 0 Å². The summed E-state index contributed by atoms with van der Waals surface area (Å²) in [4.78, 5) is 5.46. The molecule has 0 aromatic heterocycles. The number of hydrogen-bond donors (Lipinski definition) is 1. The molecule has 1 unspecified atom stereocenters. The molecule has 0 aromatic carbocycles. The van der Waals surface area contributed by atoms with Crippen LogP contribution in [0.25, 0.3) is 0 Å². The van der Waals surface area contributed by atoms with Crippen LogP contribution in [0.2, 0.25) is 0 Å². The van der Waals surface area contributed by atoms with Crippen molar-refractivity contribution in [2.24, 2.45) is 5.92 Å². The van der Waals surface area contributed by atoms with E-state index in [9.17, 15) is 0 Å². The van der Waals surface area contributed by atoms with Crippen LogP contribution in [0.3, 0.4) is 0 Å². The van der Waals surface area contributed by atoms with Gasteiger partial charge in [0.15, 0.2) is 0 Å². The Hall–Kier alpha value is -0.120. The topological polar surface area (TPSA) is 18.5 Å². The molecule has 2 rings (SSSR count). The zero-order chi connectivity index (χ0) is 14.8. The Bertz CT molecular complexity index is 295. The summed E-state index contributed by atoms with van der Waals surface area (Å²) >= 11 is 0. The molecule has 2 aliphatic heterocycles. The summed E-state index contributed by atoms with van der Waals surface area (Å²) in [5, 5.41) is 3.47. The number of nitrogens with zero attached hydrogens (tertiary/aromatic N) is 2. The lowest BCUT2D eigenvalue weighted by Crippen LogP contribution is -2.58. The average molecular weight is 281 g/mol. The maximum Gasteiger partial charge on any atom is 0.0275 e. The standard InChI is InChI=1S/C17H35N3/c1-14-7-6-10-20(13-14)16-8-11-19(12-9-16)15(2)17(3,4)18-5/h14-16,18H,6-13H2,1-5H3/t14?,15-/m0/s1. The van der Waals surface area contributed by atoms with Crippen molar-refractivity contribution in [2.45, 2.75) is 71.0 Å². The molecular weight excluding hydrogens is 246 g/mol. The van der Waals surface area contributed by atoms with Gasteiger partial charge < -0.3 is 10.2 Å². The van der Waals surface area contributed by atoms with E-state index in [4.69, 9.17) is 0 Å². The Morgan fingerprint density at radius 3 is 2.30 bits per heavy atom. The van der Waals surface area contributed by atoms with Gasteiger partial charge in [-0.25, -0.2) is 0 Å². The summed E-state index contributed by atoms with van der Waals surface area (Å²) in [6, 6.07) is 1.45. The second kappa shape index (κ2) is 6.76. The fourth-order valence-corrected chi connectivity index (χ4v) is 3.86. The van der Waals surface area contributed by atoms with Gasteiger partial charge in [0.2, 0.25) is 0 Å². The molecule has 3 heteroatoms. The van der Waals surface area contributed by atoms with E-state index in [1.807, 2.05) is 0 Å². The lowest BCUT2D eigenvalue weighted by molar-refractivity contribution is 0.0442. The maximum absolute atomic E-state index is 3.47. The van der Waals surface area contributed by atoms with Crippen LogP contribution in [-0.2, 0) is 0 Å². The van der Waals surface area contributed by atoms with Crippen molar-refractivity contribution in [2.75, 3.05) is 33.2 Å². The number of hydrogen-bond acceptors (Lipinski definition) is 3. The molecule has 0 radical (unpaired) electrons. The van der Waals surface area contributed by atoms with Crippen LogP contribution in [0.5, 0.6) is 0 Å². The van der Waals surface area contributed by atoms with Crippen molar-refractivity contribution in [3.05, 3.63) is 0 Å². The molecule has 2 atom stereocenters. The molecule has 1 N–H and O–H groups in total. The molecule has 118 valence electrons. The van der Waals surface area contributed by atoms with Gasteiger partial charge in [-0.3, -0.25) is 4.90 Å². The largest absolute Gasteiger partial charge is 0.313 e. The molecule has 0 aliphatic carbocycles. The summed E-state index contributed by atoms with van der Waals surface area (Å²) in [6.07, 6.45) is 5.56. The van der Waals surface area contributed by atoms with Gasteiger partial charge in [-0.1, -0.05) is 6.92 Å². The fraction of sp³-hybridized carbons (Fsp3) is 1.00. The molecule has 0 saturated carbocycles. The first-order valence-corrected chi connectivity index (χ1v) is 8.61. The van der Waals surface area contributed by atoms with E-state index < -0.39 is 0 Å². The van der Waals surface area contributed by atoms with Crippen molar-refractivity contribution in [3.63, 3.8) is 0 Å². The molecule has 20 heavy (non-hydrogen) atoms. The molecule has 2 aliphatic rings. The molecule has 0 aromatic rings. The fourth-order valence-electron chi connectivity index (χ4n) is 3.86. The highest BCUT2D eigenvalue weighted by Gasteiger charge is 2.33. The van der Waals surface area contributed by atoms with Crippen LogP contribution in [0.1, 0.15) is 53.4 Å². The first-order valence-electron chi connectivity index (χ1n) is 8.61. The van der Waals surface area contributed by atoms with Gasteiger partial charge in [0, 0.05) is 24.2 Å². The van der Waals surface area contributed by atoms with Crippen molar-refractivity contribution >= 4 is 0 Å². The van der Waals surface area contributed by atoms with Crippen LogP contribution < -0.4 is 5.32 Å². The monoisotopic (exact) mass is 281 g/mol. The van der Waals surface area contributed by atoms with Crippen LogP contribution in [0.4, 0.5) is 0 Å². The van der Waals surface area contributed by atoms with Crippen molar-refractivity contribution in [1.82, 2.24) is 15.1 Å². The molecule has 0 amide bonds. The third-order valence-corrected chi connectivity index (χ3v) is 5.94. The molecule has 3 nitrogen and oxygen atoms in total. The molecule has 2 heterocycles. The lowest BCUT2D eigenvalue weighted by Gasteiger charge is -2.46. The van der Waals surface area contributed by atoms with Gasteiger partial charge in [-0.15, -0.1) is 0 Å². The minimum Gasteiger partial charge on any atom is -0.313 e. The number of likely N-dealkylation sites (N-methyl/N-ethyl adjacent to an activating group) is 1. The number of rotatable bonds is 4. The predicted molar refractivity (Wildman–Crippen MR) is 87.2 cm³/mol. The van der Waals surface area contributed by atoms with Crippen LogP contribution in [-0.4, -0.2) is 60.6 Å². The molecule has 0 spiro atoms. The molecule has 0 bridgehead atoms. The van der Waals surface area contributed by atoms with Gasteiger partial charge in [-0.05, 0) is 79.1 Å². The minimum absolute atomic E-state index is 0.201. The minimum atomic E-state index is 0.201. The van der Waals surface area contributed by atoms with E-state index in [1.54, 1.807) is 0 Å². The van der Waals surface area contributed by atoms with E-state index in [-0.39, 0.29) is 5.54 Å². The van der Waals surface area contributed by atoms with E-state index in [0.717, 1.165) is 12.0 Å². The van der Waals surface area contributed by atoms with Gasteiger partial charge >= 0.3 is 0 Å². The van der Waals surface area contributed by atoms with Crippen molar-refractivity contribution in [3.8, 4) is 0 Å². The van der Waals surface area contributed by atoms with E-state index in [0.29, 0.717) is 6.04 Å². The van der Waals surface area contributed by atoms with Crippen molar-refractivity contribution in [1.29, 1.82) is 0 Å². The summed E-state index contributed by atoms with van der Waals surface area (Å²) in [7, 11) is 2.08. The summed E-state index contributed by atoms with van der Waals surface area (Å²) in [5.41, 5.74) is 0.201. The predicted octanol–water partition coefficient (Wildman–Crippen LogP) is 2.57. The first-order chi connectivity index (χ1) is 9.44. The Balaban J connectivity index is 1.83. The Kier molecular flexibility index (Phi) is 5.49. The highest BCUT2D eigenvalue weighted by molar-refractivity contribution is 4.92. The van der Waals surface area contributed by atoms with Gasteiger partial charge in [0.25, 0.3) is 0 Å². The zero-order valence-electron chi connectivity index (χ0n) is 14.3. The maximum atomic E-state index is 3.47. The molecule has 2 saturated heterocycles. The second-order valence-corrected chi connectivity index (χ2v) is 7.66. The highest BCUT2D eigenvalue weighted by atomic mass is 15.2. The molecule has 2 fully saturated rings. The normalized spacial score (nSPS) is 29.6. The number of nitrogens with one attached hydrogen (secondary N) is 1. The van der Waals surface area contributed by atoms with Crippen LogP contribution in [0.15, 0.2) is 0 Å². The second-order valence-electron chi connectivity index (χ2n) is 7.66. The smallest absolute Gasteiger partial charge is 0.0275 e. The Labute approximate surface area is 126 Å². The molecular formula is C17H35N3. The number of likely N-dealkylation sites (tertiary alicyclic amines) is 2. The summed E-state index contributed by atoms with van der Waals surface area (Å²) in [6.45, 7) is 14.6. The third kappa shape index (κ3) is 3.75. The van der Waals surface area contributed by atoms with E-state index in [2.05, 4.69) is 49.9 Å². The number of piperidine rings is 2. The Morgan fingerprint density at radius 1 is 1.10 bits per heavy atom. The lowest BCUT2D eigenvalue weighted by atomic mass is 9.91. The van der Waals surface area contributed by atoms with Gasteiger partial charge in [-0.2, -0.15) is 0 Å². The third-order valence-electron chi connectivity index (χ3n) is 5.94. The van der Waals surface area contributed by atoms with Crippen LogP contribution in [0, 0.1) is 5.92 Å². The highest BCUT2D eigenvalue weighted by Crippen LogP contribution is 2.26. The summed E-state index contributed by atoms with van der Waals surface area (Å²) in [5.74, 6) is 0.906. The van der Waals surface area contributed by atoms with E-state index >= 15 is 0 Å². The van der Waals surface area contributed by atoms with Crippen molar-refractivity contribution < 1.29 is 0 Å². The van der Waals surface area contributed by atoms with Crippen LogP contribution >= 0.6 is 0 Å². The summed E-state index contributed by atoms with van der Waals surface area (Å²) < 4.78 is 0. The average Bonchev–Trinajstić information content (AvgIpc) is 2.46. The zero-order valence-corrected chi connectivity index (χ0v) is 14.3.